The minimum Gasteiger partial charge on any atom is -0.343 e. The van der Waals surface area contributed by atoms with E-state index < -0.39 is 11.9 Å². The average Bonchev–Trinajstić information content (AvgIpc) is 3.00. The zero-order chi connectivity index (χ0) is 19.1. The number of rotatable bonds is 7. The lowest BCUT2D eigenvalue weighted by Gasteiger charge is -2.11. The summed E-state index contributed by atoms with van der Waals surface area (Å²) >= 11 is 0. The van der Waals surface area contributed by atoms with Crippen LogP contribution in [0.5, 0.6) is 0 Å². The Hall–Kier alpha value is -3.46. The molecule has 6 nitrogen and oxygen atoms in total. The minimum atomic E-state index is -0.722. The Bertz CT molecular complexity index is 888. The molecule has 0 bridgehead atoms. The van der Waals surface area contributed by atoms with Crippen molar-refractivity contribution in [3.8, 4) is 12.3 Å². The largest absolute Gasteiger partial charge is 0.343 e. The maximum Gasteiger partial charge on any atom is 0.244 e. The van der Waals surface area contributed by atoms with Crippen molar-refractivity contribution in [1.29, 1.82) is 5.41 Å². The predicted octanol–water partition coefficient (Wildman–Crippen LogP) is 2.14. The van der Waals surface area contributed by atoms with Crippen molar-refractivity contribution in [3.63, 3.8) is 0 Å². The van der Waals surface area contributed by atoms with E-state index in [4.69, 9.17) is 11.8 Å². The summed E-state index contributed by atoms with van der Waals surface area (Å²) in [6.07, 6.45) is 8.90. The van der Waals surface area contributed by atoms with E-state index in [0.29, 0.717) is 12.1 Å². The van der Waals surface area contributed by atoms with E-state index in [9.17, 15) is 9.59 Å². The summed E-state index contributed by atoms with van der Waals surface area (Å²) in [5.74, 6) is 1.38. The lowest BCUT2D eigenvalue weighted by molar-refractivity contribution is -0.116. The summed E-state index contributed by atoms with van der Waals surface area (Å²) < 4.78 is 1.76. The van der Waals surface area contributed by atoms with Gasteiger partial charge in [-0.2, -0.15) is 5.10 Å². The normalized spacial score (nSPS) is 11.7. The van der Waals surface area contributed by atoms with Crippen LogP contribution in [0.2, 0.25) is 0 Å². The molecule has 1 aromatic carbocycles. The van der Waals surface area contributed by atoms with Crippen molar-refractivity contribution in [3.05, 3.63) is 65.5 Å². The zero-order valence-electron chi connectivity index (χ0n) is 14.7. The molecule has 1 unspecified atom stereocenters. The van der Waals surface area contributed by atoms with E-state index in [1.807, 2.05) is 37.3 Å². The second-order valence-corrected chi connectivity index (χ2v) is 5.77. The Morgan fingerprint density at radius 1 is 1.35 bits per heavy atom. The number of benzene rings is 1. The second-order valence-electron chi connectivity index (χ2n) is 5.77. The molecule has 6 heteroatoms. The molecule has 0 saturated heterocycles. The molecule has 26 heavy (non-hydrogen) atoms. The third-order valence-corrected chi connectivity index (χ3v) is 3.85. The van der Waals surface area contributed by atoms with Gasteiger partial charge in [-0.25, -0.2) is 0 Å². The Morgan fingerprint density at radius 2 is 2.04 bits per heavy atom. The highest BCUT2D eigenvalue weighted by atomic mass is 16.2. The van der Waals surface area contributed by atoms with Crippen LogP contribution >= 0.6 is 0 Å². The molecule has 0 spiro atoms. The van der Waals surface area contributed by atoms with Gasteiger partial charge in [0.25, 0.3) is 0 Å². The fourth-order valence-corrected chi connectivity index (χ4v) is 2.37. The lowest BCUT2D eigenvalue weighted by atomic mass is 10.1. The molecular weight excluding hydrogens is 328 g/mol. The van der Waals surface area contributed by atoms with Crippen molar-refractivity contribution in [2.75, 3.05) is 0 Å². The third-order valence-electron chi connectivity index (χ3n) is 3.85. The number of nitrogens with one attached hydrogen (secondary N) is 2. The number of carbonyl (C=O) groups is 2. The van der Waals surface area contributed by atoms with Crippen LogP contribution in [0.3, 0.4) is 0 Å². The van der Waals surface area contributed by atoms with Crippen molar-refractivity contribution in [1.82, 2.24) is 15.1 Å². The summed E-state index contributed by atoms with van der Waals surface area (Å²) in [6, 6.07) is 9.10. The molecule has 0 aliphatic carbocycles. The van der Waals surface area contributed by atoms with Crippen LogP contribution in [-0.2, 0) is 11.3 Å². The van der Waals surface area contributed by atoms with Crippen LogP contribution in [0.1, 0.15) is 28.5 Å². The van der Waals surface area contributed by atoms with Gasteiger partial charge in [0.2, 0.25) is 5.91 Å². The molecule has 0 aliphatic heterocycles. The first-order valence-corrected chi connectivity index (χ1v) is 8.06. The van der Waals surface area contributed by atoms with E-state index in [-0.39, 0.29) is 11.5 Å². The molecule has 1 aromatic heterocycles. The van der Waals surface area contributed by atoms with Gasteiger partial charge in [0.1, 0.15) is 5.71 Å². The smallest absolute Gasteiger partial charge is 0.244 e. The maximum atomic E-state index is 12.6. The Balaban J connectivity index is 2.05. The number of carbonyl (C=O) groups excluding carboxylic acids is 2. The Labute approximate surface area is 152 Å². The Kier molecular flexibility index (Phi) is 6.23. The molecule has 132 valence electrons. The van der Waals surface area contributed by atoms with Crippen molar-refractivity contribution < 1.29 is 9.59 Å². The molecule has 2 N–H and O–H groups in total. The maximum absolute atomic E-state index is 12.6. The van der Waals surface area contributed by atoms with Gasteiger partial charge in [0.05, 0.1) is 24.3 Å². The number of terminal acetylenes is 1. The van der Waals surface area contributed by atoms with E-state index in [2.05, 4.69) is 16.3 Å². The van der Waals surface area contributed by atoms with Crippen LogP contribution in [0.25, 0.3) is 0 Å². The number of hydrogen-bond acceptors (Lipinski definition) is 4. The molecule has 0 aliphatic rings. The SMILES string of the molecule is C#CC(=N)/C=C\C(=O)NC(C)C(=O)c1cnn(Cc2ccccc2)c1C. The summed E-state index contributed by atoms with van der Waals surface area (Å²) in [5, 5.41) is 14.1. The molecule has 2 aromatic rings. The number of allylic oxidation sites excluding steroid dienone is 1. The fraction of sp³-hybridized carbons (Fsp3) is 0.200. The standard InChI is InChI=1S/C20H20N4O2/c1-4-17(21)10-11-19(25)23-14(2)20(26)18-12-22-24(15(18)3)13-16-8-6-5-7-9-16/h1,5-12,14,21H,13H2,2-3H3,(H,23,25)/b11-10-,21-17?. The third kappa shape index (κ3) is 4.77. The second kappa shape index (κ2) is 8.58. The predicted molar refractivity (Wildman–Crippen MR) is 100 cm³/mol. The summed E-state index contributed by atoms with van der Waals surface area (Å²) in [5.41, 5.74) is 2.18. The Morgan fingerprint density at radius 3 is 2.69 bits per heavy atom. The van der Waals surface area contributed by atoms with Crippen molar-refractivity contribution in [2.24, 2.45) is 0 Å². The number of ketones is 1. The summed E-state index contributed by atoms with van der Waals surface area (Å²) in [7, 11) is 0. The van der Waals surface area contributed by atoms with Gasteiger partial charge in [-0.1, -0.05) is 36.3 Å². The number of nitrogens with zero attached hydrogens (tertiary/aromatic N) is 2. The molecule has 2 rings (SSSR count). The lowest BCUT2D eigenvalue weighted by Crippen LogP contribution is -2.37. The van der Waals surface area contributed by atoms with Crippen LogP contribution in [-0.4, -0.2) is 33.2 Å². The zero-order valence-corrected chi connectivity index (χ0v) is 14.7. The van der Waals surface area contributed by atoms with E-state index in [1.54, 1.807) is 11.6 Å². The summed E-state index contributed by atoms with van der Waals surface area (Å²) in [6.45, 7) is 4.00. The van der Waals surface area contributed by atoms with Gasteiger partial charge in [-0.15, -0.1) is 6.42 Å². The van der Waals surface area contributed by atoms with Crippen molar-refractivity contribution in [2.45, 2.75) is 26.4 Å². The van der Waals surface area contributed by atoms with E-state index in [1.165, 1.54) is 12.3 Å². The molecular formula is C20H20N4O2. The van der Waals surface area contributed by atoms with Crippen LogP contribution in [0, 0.1) is 24.7 Å². The van der Waals surface area contributed by atoms with E-state index >= 15 is 0 Å². The van der Waals surface area contributed by atoms with Crippen LogP contribution in [0.4, 0.5) is 0 Å². The monoisotopic (exact) mass is 348 g/mol. The molecule has 0 fully saturated rings. The highest BCUT2D eigenvalue weighted by molar-refractivity contribution is 6.09. The van der Waals surface area contributed by atoms with Gasteiger partial charge in [0, 0.05) is 11.8 Å². The van der Waals surface area contributed by atoms with Gasteiger partial charge in [0.15, 0.2) is 5.78 Å². The fourth-order valence-electron chi connectivity index (χ4n) is 2.37. The number of amides is 1. The number of aromatic nitrogens is 2. The molecule has 1 amide bonds. The molecule has 1 heterocycles. The topological polar surface area (TPSA) is 87.8 Å². The van der Waals surface area contributed by atoms with Crippen LogP contribution in [0.15, 0.2) is 48.7 Å². The van der Waals surface area contributed by atoms with E-state index in [0.717, 1.165) is 17.3 Å². The van der Waals surface area contributed by atoms with Crippen molar-refractivity contribution >= 4 is 17.4 Å². The first kappa shape index (κ1) is 18.9. The van der Waals surface area contributed by atoms with Gasteiger partial charge >= 0.3 is 0 Å². The van der Waals surface area contributed by atoms with Gasteiger partial charge < -0.3 is 5.32 Å². The minimum absolute atomic E-state index is 0.114. The summed E-state index contributed by atoms with van der Waals surface area (Å²) in [4.78, 5) is 24.4. The highest BCUT2D eigenvalue weighted by Crippen LogP contribution is 2.12. The molecule has 1 atom stereocenters. The number of Topliss-reactive ketones (excluding diaryl/α,β-unsaturated/α-hetero) is 1. The van der Waals surface area contributed by atoms with Gasteiger partial charge in [-0.05, 0) is 25.5 Å². The first-order chi connectivity index (χ1) is 12.4. The first-order valence-electron chi connectivity index (χ1n) is 8.06. The van der Waals surface area contributed by atoms with Gasteiger partial charge in [-0.3, -0.25) is 19.7 Å². The van der Waals surface area contributed by atoms with Crippen LogP contribution < -0.4 is 5.32 Å². The average molecular weight is 348 g/mol. The number of hydrogen-bond donors (Lipinski definition) is 2. The molecule has 0 saturated carbocycles. The molecule has 0 radical (unpaired) electrons. The highest BCUT2D eigenvalue weighted by Gasteiger charge is 2.21. The quantitative estimate of drug-likeness (QED) is 0.348.